The van der Waals surface area contributed by atoms with Crippen LogP contribution in [0, 0.1) is 12.0 Å². The fraction of sp³-hybridized carbons (Fsp3) is 0.667. The maximum Gasteiger partial charge on any atom is 0.206 e. The molecule has 0 unspecified atom stereocenters. The summed E-state index contributed by atoms with van der Waals surface area (Å²) in [5.74, 6) is 2.58. The van der Waals surface area contributed by atoms with Gasteiger partial charge in [-0.25, -0.2) is 0 Å². The van der Waals surface area contributed by atoms with Gasteiger partial charge in [0.15, 0.2) is 0 Å². The summed E-state index contributed by atoms with van der Waals surface area (Å²) < 4.78 is 5.14. The summed E-state index contributed by atoms with van der Waals surface area (Å²) in [7, 11) is 0. The molecule has 0 amide bonds. The Kier molecular flexibility index (Phi) is 3.62. The highest BCUT2D eigenvalue weighted by Gasteiger charge is 2.05. The molecule has 0 atom stereocenters. The van der Waals surface area contributed by atoms with Gasteiger partial charge in [0.1, 0.15) is 0 Å². The van der Waals surface area contributed by atoms with Crippen LogP contribution < -0.4 is 0 Å². The quantitative estimate of drug-likeness (QED) is 0.525. The molecule has 0 aromatic rings. The first kappa shape index (κ1) is 9.08. The van der Waals surface area contributed by atoms with Crippen molar-refractivity contribution in [1.82, 2.24) is 4.90 Å². The van der Waals surface area contributed by atoms with Crippen molar-refractivity contribution in [3.8, 4) is 12.0 Å². The molecule has 3 nitrogen and oxygen atoms in total. The van der Waals surface area contributed by atoms with Gasteiger partial charge in [-0.3, -0.25) is 4.79 Å². The first-order valence-corrected chi connectivity index (χ1v) is 4.20. The first-order valence-electron chi connectivity index (χ1n) is 4.20. The predicted molar refractivity (Wildman–Crippen MR) is 45.5 cm³/mol. The van der Waals surface area contributed by atoms with Gasteiger partial charge in [0.2, 0.25) is 5.78 Å². The van der Waals surface area contributed by atoms with E-state index >= 15 is 0 Å². The molecule has 0 aromatic heterocycles. The maximum atomic E-state index is 10.8. The third-order valence-electron chi connectivity index (χ3n) is 1.69. The van der Waals surface area contributed by atoms with Crippen molar-refractivity contribution < 1.29 is 9.53 Å². The molecule has 1 heterocycles. The maximum absolute atomic E-state index is 10.8. The summed E-state index contributed by atoms with van der Waals surface area (Å²) in [6, 6.07) is 2.83. The summed E-state index contributed by atoms with van der Waals surface area (Å²) in [6.07, 6.45) is 0.497. The van der Waals surface area contributed by atoms with E-state index < -0.39 is 0 Å². The van der Waals surface area contributed by atoms with Gasteiger partial charge in [-0.2, -0.15) is 0 Å². The molecule has 3 heteroatoms. The number of morpholine rings is 1. The van der Waals surface area contributed by atoms with E-state index in [1.165, 1.54) is 0 Å². The Morgan fingerprint density at radius 2 is 2.17 bits per heavy atom. The monoisotopic (exact) mass is 167 g/mol. The van der Waals surface area contributed by atoms with Crippen molar-refractivity contribution in [2.45, 2.75) is 13.3 Å². The zero-order chi connectivity index (χ0) is 8.81. The molecule has 1 aliphatic heterocycles. The zero-order valence-corrected chi connectivity index (χ0v) is 7.30. The second-order valence-corrected chi connectivity index (χ2v) is 2.61. The van der Waals surface area contributed by atoms with Gasteiger partial charge < -0.3 is 9.64 Å². The molecular weight excluding hydrogens is 154 g/mol. The fourth-order valence-corrected chi connectivity index (χ4v) is 0.905. The number of nitrogens with zero attached hydrogens (tertiary/aromatic N) is 1. The standard InChI is InChI=1S/C9H13NO2/c1-2-9(11)3-4-10-5-7-12-8-6-10/h2,5-8H2,1H3. The first-order chi connectivity index (χ1) is 5.83. The van der Waals surface area contributed by atoms with Crippen molar-refractivity contribution in [3.63, 3.8) is 0 Å². The average molecular weight is 167 g/mol. The van der Waals surface area contributed by atoms with E-state index in [1.807, 2.05) is 11.8 Å². The van der Waals surface area contributed by atoms with Gasteiger partial charge in [0, 0.05) is 25.6 Å². The average Bonchev–Trinajstić information content (AvgIpc) is 2.16. The summed E-state index contributed by atoms with van der Waals surface area (Å²) in [4.78, 5) is 12.8. The second-order valence-electron chi connectivity index (χ2n) is 2.61. The van der Waals surface area contributed by atoms with Gasteiger partial charge in [0.05, 0.1) is 13.2 Å². The Morgan fingerprint density at radius 1 is 1.50 bits per heavy atom. The number of rotatable bonds is 1. The minimum atomic E-state index is 0.00138. The lowest BCUT2D eigenvalue weighted by Gasteiger charge is -2.22. The number of carbonyl (C=O) groups excluding carboxylic acids is 1. The highest BCUT2D eigenvalue weighted by atomic mass is 16.5. The van der Waals surface area contributed by atoms with Crippen molar-refractivity contribution in [3.05, 3.63) is 0 Å². The molecule has 0 aromatic carbocycles. The van der Waals surface area contributed by atoms with Crippen LogP contribution in [0.2, 0.25) is 0 Å². The molecule has 0 spiro atoms. The Balaban J connectivity index is 2.35. The molecule has 1 fully saturated rings. The Labute approximate surface area is 72.7 Å². The smallest absolute Gasteiger partial charge is 0.206 e. The number of Topliss-reactive ketones (excluding diaryl/α,β-unsaturated/α-hetero) is 1. The topological polar surface area (TPSA) is 29.5 Å². The lowest BCUT2D eigenvalue weighted by Crippen LogP contribution is -2.32. The van der Waals surface area contributed by atoms with E-state index in [2.05, 4.69) is 12.0 Å². The number of ketones is 1. The summed E-state index contributed by atoms with van der Waals surface area (Å²) in [6.45, 7) is 4.87. The highest BCUT2D eigenvalue weighted by molar-refractivity contribution is 5.95. The lowest BCUT2D eigenvalue weighted by molar-refractivity contribution is -0.113. The SMILES string of the molecule is CCC(=O)C#CN1CCOCC1. The third kappa shape index (κ3) is 2.93. The molecule has 12 heavy (non-hydrogen) atoms. The van der Waals surface area contributed by atoms with Gasteiger partial charge in [-0.1, -0.05) is 6.92 Å². The Hall–Kier alpha value is -1.01. The van der Waals surface area contributed by atoms with Crippen molar-refractivity contribution >= 4 is 5.78 Å². The van der Waals surface area contributed by atoms with E-state index in [9.17, 15) is 4.79 Å². The van der Waals surface area contributed by atoms with Gasteiger partial charge >= 0.3 is 0 Å². The van der Waals surface area contributed by atoms with Crippen LogP contribution in [0.5, 0.6) is 0 Å². The van der Waals surface area contributed by atoms with Crippen LogP contribution in [-0.2, 0) is 9.53 Å². The number of hydrogen-bond donors (Lipinski definition) is 0. The molecule has 0 saturated carbocycles. The molecule has 0 N–H and O–H groups in total. The van der Waals surface area contributed by atoms with Crippen LogP contribution in [0.3, 0.4) is 0 Å². The van der Waals surface area contributed by atoms with E-state index in [1.54, 1.807) is 0 Å². The van der Waals surface area contributed by atoms with Crippen LogP contribution in [0.1, 0.15) is 13.3 Å². The molecule has 66 valence electrons. The lowest BCUT2D eigenvalue weighted by atomic mass is 10.3. The Morgan fingerprint density at radius 3 is 2.75 bits per heavy atom. The van der Waals surface area contributed by atoms with Crippen molar-refractivity contribution in [1.29, 1.82) is 0 Å². The largest absolute Gasteiger partial charge is 0.378 e. The molecule has 1 aliphatic rings. The number of hydrogen-bond acceptors (Lipinski definition) is 3. The minimum Gasteiger partial charge on any atom is -0.378 e. The fourth-order valence-electron chi connectivity index (χ4n) is 0.905. The molecule has 1 saturated heterocycles. The number of ether oxygens (including phenoxy) is 1. The van der Waals surface area contributed by atoms with E-state index in [4.69, 9.17) is 4.74 Å². The second kappa shape index (κ2) is 4.78. The van der Waals surface area contributed by atoms with E-state index in [0.717, 1.165) is 26.3 Å². The van der Waals surface area contributed by atoms with Crippen LogP contribution in [0.4, 0.5) is 0 Å². The normalized spacial score (nSPS) is 16.6. The molecule has 1 rings (SSSR count). The van der Waals surface area contributed by atoms with Crippen LogP contribution >= 0.6 is 0 Å². The Bertz CT molecular complexity index is 208. The summed E-state index contributed by atoms with van der Waals surface area (Å²) >= 11 is 0. The highest BCUT2D eigenvalue weighted by Crippen LogP contribution is 1.93. The summed E-state index contributed by atoms with van der Waals surface area (Å²) in [5, 5.41) is 0. The molecular formula is C9H13NO2. The minimum absolute atomic E-state index is 0.00138. The zero-order valence-electron chi connectivity index (χ0n) is 7.30. The predicted octanol–water partition coefficient (Wildman–Crippen LogP) is 0.259. The van der Waals surface area contributed by atoms with Gasteiger partial charge in [-0.15, -0.1) is 0 Å². The molecule has 0 bridgehead atoms. The number of carbonyl (C=O) groups is 1. The van der Waals surface area contributed by atoms with Crippen LogP contribution in [0.15, 0.2) is 0 Å². The van der Waals surface area contributed by atoms with E-state index in [0.29, 0.717) is 6.42 Å². The summed E-state index contributed by atoms with van der Waals surface area (Å²) in [5.41, 5.74) is 0. The van der Waals surface area contributed by atoms with Crippen LogP contribution in [-0.4, -0.2) is 37.0 Å². The van der Waals surface area contributed by atoms with Gasteiger partial charge in [-0.05, 0) is 5.92 Å². The van der Waals surface area contributed by atoms with Crippen LogP contribution in [0.25, 0.3) is 0 Å². The molecule has 0 radical (unpaired) electrons. The van der Waals surface area contributed by atoms with Crippen molar-refractivity contribution in [2.24, 2.45) is 0 Å². The molecule has 0 aliphatic carbocycles. The third-order valence-corrected chi connectivity index (χ3v) is 1.69. The van der Waals surface area contributed by atoms with E-state index in [-0.39, 0.29) is 5.78 Å². The van der Waals surface area contributed by atoms with Gasteiger partial charge in [0.25, 0.3) is 0 Å². The van der Waals surface area contributed by atoms with Crippen molar-refractivity contribution in [2.75, 3.05) is 26.3 Å².